The number of carbonyl (C=O) groups is 1. The summed E-state index contributed by atoms with van der Waals surface area (Å²) in [7, 11) is 2.11. The van der Waals surface area contributed by atoms with Gasteiger partial charge in [-0.25, -0.2) is 0 Å². The molecule has 3 aromatic rings. The summed E-state index contributed by atoms with van der Waals surface area (Å²) in [6.45, 7) is 4.17. The number of likely N-dealkylation sites (tertiary alicyclic amines) is 1. The monoisotopic (exact) mass is 559 g/mol. The Labute approximate surface area is 239 Å². The second-order valence-corrected chi connectivity index (χ2v) is 11.3. The highest BCUT2D eigenvalue weighted by molar-refractivity contribution is 6.37. The Bertz CT molecular complexity index is 1450. The van der Waals surface area contributed by atoms with Gasteiger partial charge in [-0.3, -0.25) is 4.79 Å². The Morgan fingerprint density at radius 1 is 1.15 bits per heavy atom. The summed E-state index contributed by atoms with van der Waals surface area (Å²) >= 11 is 6.65. The van der Waals surface area contributed by atoms with Crippen molar-refractivity contribution in [3.63, 3.8) is 0 Å². The number of anilines is 2. The van der Waals surface area contributed by atoms with Crippen molar-refractivity contribution in [3.8, 4) is 12.1 Å². The van der Waals surface area contributed by atoms with Crippen molar-refractivity contribution in [2.45, 2.75) is 44.2 Å². The number of carbonyl (C=O) groups excluding carboxylic acids is 1. The Balaban J connectivity index is 1.40. The van der Waals surface area contributed by atoms with Crippen LogP contribution >= 0.6 is 11.6 Å². The van der Waals surface area contributed by atoms with Gasteiger partial charge in [-0.1, -0.05) is 35.9 Å². The van der Waals surface area contributed by atoms with Crippen LogP contribution in [0.2, 0.25) is 5.02 Å². The SMILES string of the molecule is CN1CCC[C@H]1COc1nc2c(c(N3CCN[C@@H](CC#N)C3)n1)CCCN(c1cccc3cccc(Cl)c13)C2=O. The predicted molar refractivity (Wildman–Crippen MR) is 156 cm³/mol. The quantitative estimate of drug-likeness (QED) is 0.483. The van der Waals surface area contributed by atoms with Gasteiger partial charge in [0.25, 0.3) is 5.91 Å². The number of hydrogen-bond donors (Lipinski definition) is 1. The van der Waals surface area contributed by atoms with Gasteiger partial charge in [0.1, 0.15) is 18.1 Å². The van der Waals surface area contributed by atoms with E-state index in [1.807, 2.05) is 41.3 Å². The van der Waals surface area contributed by atoms with E-state index in [2.05, 4.69) is 28.2 Å². The van der Waals surface area contributed by atoms with E-state index in [4.69, 9.17) is 26.3 Å². The van der Waals surface area contributed by atoms with Gasteiger partial charge in [0.05, 0.1) is 23.2 Å². The Hall–Kier alpha value is -3.45. The van der Waals surface area contributed by atoms with Gasteiger partial charge in [0.15, 0.2) is 0 Å². The van der Waals surface area contributed by atoms with Crippen LogP contribution in [0.15, 0.2) is 36.4 Å². The van der Waals surface area contributed by atoms with Crippen molar-refractivity contribution in [3.05, 3.63) is 52.7 Å². The first-order valence-corrected chi connectivity index (χ1v) is 14.5. The second kappa shape index (κ2) is 11.6. The fourth-order valence-corrected chi connectivity index (χ4v) is 6.46. The molecule has 4 heterocycles. The largest absolute Gasteiger partial charge is 0.462 e. The maximum atomic E-state index is 14.3. The first kappa shape index (κ1) is 26.8. The number of piperazine rings is 1. The molecule has 0 aliphatic carbocycles. The summed E-state index contributed by atoms with van der Waals surface area (Å²) in [4.78, 5) is 30.3. The van der Waals surface area contributed by atoms with Crippen molar-refractivity contribution in [2.24, 2.45) is 0 Å². The predicted octanol–water partition coefficient (Wildman–Crippen LogP) is 4.04. The van der Waals surface area contributed by atoms with Crippen LogP contribution in [0.1, 0.15) is 41.7 Å². The molecule has 2 fully saturated rings. The van der Waals surface area contributed by atoms with Gasteiger partial charge in [0.2, 0.25) is 0 Å². The van der Waals surface area contributed by atoms with Crippen LogP contribution in [0.4, 0.5) is 11.5 Å². The van der Waals surface area contributed by atoms with E-state index in [1.165, 1.54) is 0 Å². The molecule has 10 heteroatoms. The van der Waals surface area contributed by atoms with Crippen molar-refractivity contribution in [1.29, 1.82) is 5.26 Å². The van der Waals surface area contributed by atoms with Gasteiger partial charge in [-0.15, -0.1) is 0 Å². The van der Waals surface area contributed by atoms with Crippen molar-refractivity contribution < 1.29 is 9.53 Å². The van der Waals surface area contributed by atoms with E-state index in [9.17, 15) is 10.1 Å². The average Bonchev–Trinajstić information content (AvgIpc) is 3.30. The molecule has 1 N–H and O–H groups in total. The third kappa shape index (κ3) is 5.19. The maximum absolute atomic E-state index is 14.3. The lowest BCUT2D eigenvalue weighted by Gasteiger charge is -2.35. The molecule has 2 atom stereocenters. The summed E-state index contributed by atoms with van der Waals surface area (Å²) < 4.78 is 6.20. The zero-order valence-electron chi connectivity index (χ0n) is 22.8. The van der Waals surface area contributed by atoms with Crippen molar-refractivity contribution in [1.82, 2.24) is 20.2 Å². The number of halogens is 1. The zero-order valence-corrected chi connectivity index (χ0v) is 23.5. The fourth-order valence-electron chi connectivity index (χ4n) is 6.18. The standard InChI is InChI=1S/C30H34ClN7O2/c1-36-15-4-8-22(36)19-40-30-34-27-23(28(35-30)37-17-14-33-21(18-37)12-13-32)9-5-16-38(29(27)39)25-11-3-7-20-6-2-10-24(31)26(20)25/h2-3,6-7,10-11,21-22,33H,4-5,8-9,12,14-19H2,1H3/t21-,22-/m0/s1. The number of ether oxygens (including phenoxy) is 1. The summed E-state index contributed by atoms with van der Waals surface area (Å²) in [5, 5.41) is 15.2. The molecule has 40 heavy (non-hydrogen) atoms. The summed E-state index contributed by atoms with van der Waals surface area (Å²) in [6, 6.07) is 14.6. The second-order valence-electron chi connectivity index (χ2n) is 10.9. The third-order valence-corrected chi connectivity index (χ3v) is 8.63. The van der Waals surface area contributed by atoms with Gasteiger partial charge in [-0.05, 0) is 56.8 Å². The normalized spacial score (nSPS) is 21.8. The first-order valence-electron chi connectivity index (χ1n) is 14.1. The molecule has 3 aliphatic heterocycles. The number of hydrogen-bond acceptors (Lipinski definition) is 8. The molecule has 9 nitrogen and oxygen atoms in total. The zero-order chi connectivity index (χ0) is 27.6. The average molecular weight is 560 g/mol. The number of rotatable bonds is 6. The third-order valence-electron chi connectivity index (χ3n) is 8.31. The van der Waals surface area contributed by atoms with Crippen LogP contribution in [0.25, 0.3) is 10.8 Å². The molecule has 0 bridgehead atoms. The number of fused-ring (bicyclic) bond motifs is 2. The minimum Gasteiger partial charge on any atom is -0.462 e. The number of benzene rings is 2. The number of aromatic nitrogens is 2. The molecular weight excluding hydrogens is 526 g/mol. The fraction of sp³-hybridized carbons (Fsp3) is 0.467. The van der Waals surface area contributed by atoms with E-state index in [0.29, 0.717) is 49.3 Å². The van der Waals surface area contributed by atoms with Crippen LogP contribution in [0.3, 0.4) is 0 Å². The molecule has 1 amide bonds. The van der Waals surface area contributed by atoms with Crippen LogP contribution in [-0.4, -0.2) is 79.2 Å². The molecule has 6 rings (SSSR count). The van der Waals surface area contributed by atoms with Crippen LogP contribution in [0, 0.1) is 11.3 Å². The van der Waals surface area contributed by atoms with E-state index in [0.717, 1.165) is 66.7 Å². The van der Waals surface area contributed by atoms with E-state index >= 15 is 0 Å². The molecule has 2 aromatic carbocycles. The molecule has 0 radical (unpaired) electrons. The lowest BCUT2D eigenvalue weighted by molar-refractivity contribution is 0.0982. The van der Waals surface area contributed by atoms with E-state index < -0.39 is 0 Å². The molecular formula is C30H34ClN7O2. The maximum Gasteiger partial charge on any atom is 0.319 e. The molecule has 0 saturated carbocycles. The number of amides is 1. The highest BCUT2D eigenvalue weighted by Crippen LogP contribution is 2.36. The summed E-state index contributed by atoms with van der Waals surface area (Å²) in [5.41, 5.74) is 2.02. The molecule has 0 spiro atoms. The molecule has 208 valence electrons. The number of nitrogens with zero attached hydrogens (tertiary/aromatic N) is 6. The molecule has 3 aliphatic rings. The van der Waals surface area contributed by atoms with Gasteiger partial charge < -0.3 is 24.8 Å². The highest BCUT2D eigenvalue weighted by Gasteiger charge is 2.33. The smallest absolute Gasteiger partial charge is 0.319 e. The molecule has 2 saturated heterocycles. The van der Waals surface area contributed by atoms with Crippen molar-refractivity contribution >= 4 is 39.8 Å². The Morgan fingerprint density at radius 2 is 2.00 bits per heavy atom. The Kier molecular flexibility index (Phi) is 7.74. The number of likely N-dealkylation sites (N-methyl/N-ethyl adjacent to an activating group) is 1. The van der Waals surface area contributed by atoms with Gasteiger partial charge >= 0.3 is 6.01 Å². The van der Waals surface area contributed by atoms with Crippen LogP contribution in [0.5, 0.6) is 6.01 Å². The topological polar surface area (TPSA) is 97.6 Å². The van der Waals surface area contributed by atoms with Crippen LogP contribution in [-0.2, 0) is 6.42 Å². The Morgan fingerprint density at radius 3 is 2.80 bits per heavy atom. The van der Waals surface area contributed by atoms with Gasteiger partial charge in [0, 0.05) is 49.2 Å². The minimum atomic E-state index is -0.171. The summed E-state index contributed by atoms with van der Waals surface area (Å²) in [6.07, 6.45) is 4.05. The lowest BCUT2D eigenvalue weighted by atomic mass is 10.1. The van der Waals surface area contributed by atoms with Crippen molar-refractivity contribution in [2.75, 3.05) is 56.2 Å². The molecule has 1 aromatic heterocycles. The van der Waals surface area contributed by atoms with E-state index in [1.54, 1.807) is 0 Å². The van der Waals surface area contributed by atoms with Crippen LogP contribution < -0.4 is 19.9 Å². The molecule has 0 unspecified atom stereocenters. The van der Waals surface area contributed by atoms with E-state index in [-0.39, 0.29) is 18.0 Å². The lowest BCUT2D eigenvalue weighted by Crippen LogP contribution is -2.51. The first-order chi connectivity index (χ1) is 19.5. The number of nitriles is 1. The minimum absolute atomic E-state index is 0.0386. The summed E-state index contributed by atoms with van der Waals surface area (Å²) in [5.74, 6) is 0.575. The number of nitrogens with one attached hydrogen (secondary N) is 1. The van der Waals surface area contributed by atoms with Gasteiger partial charge in [-0.2, -0.15) is 15.2 Å². The highest BCUT2D eigenvalue weighted by atomic mass is 35.5.